The number of hydrogen-bond donors (Lipinski definition) is 1. The van der Waals surface area contributed by atoms with E-state index in [4.69, 9.17) is 0 Å². The second kappa shape index (κ2) is 6.75. The third-order valence-corrected chi connectivity index (χ3v) is 3.01. The molecule has 0 radical (unpaired) electrons. The molecule has 0 bridgehead atoms. The highest BCUT2D eigenvalue weighted by Crippen LogP contribution is 2.10. The van der Waals surface area contributed by atoms with Gasteiger partial charge in [0.25, 0.3) is 0 Å². The maximum Gasteiger partial charge on any atom is 0.138 e. The number of thiophene rings is 1. The molecule has 0 amide bonds. The first-order valence-electron chi connectivity index (χ1n) is 5.46. The number of carbonyl (C=O) groups excluding carboxylic acids is 1. The van der Waals surface area contributed by atoms with Crippen LogP contribution in [0, 0.1) is 0 Å². The molecular weight excluding hydrogens is 206 g/mol. The van der Waals surface area contributed by atoms with E-state index < -0.39 is 0 Å². The lowest BCUT2D eigenvalue weighted by atomic mass is 10.1. The molecule has 0 aromatic carbocycles. The predicted octanol–water partition coefficient (Wildman–Crippen LogP) is 2.64. The van der Waals surface area contributed by atoms with Crippen LogP contribution in [0.3, 0.4) is 0 Å². The minimum absolute atomic E-state index is 0.350. The zero-order valence-corrected chi connectivity index (χ0v) is 10.3. The molecule has 0 spiro atoms. The zero-order chi connectivity index (χ0) is 11.1. The second-order valence-electron chi connectivity index (χ2n) is 4.01. The summed E-state index contributed by atoms with van der Waals surface area (Å²) in [6.07, 6.45) is 2.25. The summed E-state index contributed by atoms with van der Waals surface area (Å²) in [4.78, 5) is 12.7. The van der Waals surface area contributed by atoms with Crippen molar-refractivity contribution in [1.82, 2.24) is 5.32 Å². The summed E-state index contributed by atoms with van der Waals surface area (Å²) in [5.41, 5.74) is 0. The largest absolute Gasteiger partial charge is 0.315 e. The Bertz CT molecular complexity index is 280. The van der Waals surface area contributed by atoms with E-state index in [0.29, 0.717) is 24.7 Å². The molecule has 1 rings (SSSR count). The average Bonchev–Trinajstić information content (AvgIpc) is 2.64. The van der Waals surface area contributed by atoms with Gasteiger partial charge in [-0.05, 0) is 24.4 Å². The quantitative estimate of drug-likeness (QED) is 0.723. The Hall–Kier alpha value is -0.670. The molecular formula is C12H19NOS. The van der Waals surface area contributed by atoms with Crippen molar-refractivity contribution in [2.24, 2.45) is 0 Å². The summed E-state index contributed by atoms with van der Waals surface area (Å²) in [5, 5.41) is 5.33. The summed E-state index contributed by atoms with van der Waals surface area (Å²) in [7, 11) is 0. The van der Waals surface area contributed by atoms with Crippen LogP contribution in [-0.2, 0) is 11.2 Å². The summed E-state index contributed by atoms with van der Waals surface area (Å²) in [6, 6.07) is 4.53. The van der Waals surface area contributed by atoms with Gasteiger partial charge in [0.05, 0.1) is 0 Å². The van der Waals surface area contributed by atoms with Gasteiger partial charge in [-0.2, -0.15) is 0 Å². The van der Waals surface area contributed by atoms with Crippen molar-refractivity contribution < 1.29 is 4.79 Å². The van der Waals surface area contributed by atoms with E-state index in [1.54, 1.807) is 11.3 Å². The Morgan fingerprint density at radius 3 is 2.93 bits per heavy atom. The number of rotatable bonds is 7. The van der Waals surface area contributed by atoms with Gasteiger partial charge in [-0.3, -0.25) is 4.79 Å². The van der Waals surface area contributed by atoms with Gasteiger partial charge in [0.2, 0.25) is 0 Å². The minimum atomic E-state index is 0.350. The number of hydrogen-bond acceptors (Lipinski definition) is 3. The summed E-state index contributed by atoms with van der Waals surface area (Å²) < 4.78 is 0. The molecule has 0 unspecified atom stereocenters. The molecule has 2 nitrogen and oxygen atoms in total. The smallest absolute Gasteiger partial charge is 0.138 e. The molecule has 1 N–H and O–H groups in total. The molecule has 3 heteroatoms. The lowest BCUT2D eigenvalue weighted by Crippen LogP contribution is -2.24. The van der Waals surface area contributed by atoms with E-state index in [-0.39, 0.29) is 0 Å². The normalized spacial score (nSPS) is 10.9. The Morgan fingerprint density at radius 2 is 2.33 bits per heavy atom. The van der Waals surface area contributed by atoms with Gasteiger partial charge in [-0.25, -0.2) is 0 Å². The molecule has 1 aromatic rings. The van der Waals surface area contributed by atoms with Gasteiger partial charge in [-0.1, -0.05) is 19.9 Å². The maximum atomic E-state index is 11.5. The van der Waals surface area contributed by atoms with Crippen molar-refractivity contribution >= 4 is 17.1 Å². The Morgan fingerprint density at radius 1 is 1.53 bits per heavy atom. The van der Waals surface area contributed by atoms with Gasteiger partial charge in [0.1, 0.15) is 5.78 Å². The fourth-order valence-corrected chi connectivity index (χ4v) is 2.11. The fourth-order valence-electron chi connectivity index (χ4n) is 1.37. The molecule has 0 aliphatic heterocycles. The van der Waals surface area contributed by atoms with Crippen molar-refractivity contribution in [3.05, 3.63) is 22.4 Å². The molecule has 0 aliphatic rings. The van der Waals surface area contributed by atoms with Crippen molar-refractivity contribution in [2.75, 3.05) is 6.54 Å². The Kier molecular flexibility index (Phi) is 5.58. The molecule has 0 saturated carbocycles. The van der Waals surface area contributed by atoms with Crippen LogP contribution >= 0.6 is 11.3 Å². The third kappa shape index (κ3) is 5.70. The van der Waals surface area contributed by atoms with Crippen LogP contribution in [0.5, 0.6) is 0 Å². The van der Waals surface area contributed by atoms with Crippen LogP contribution < -0.4 is 5.32 Å². The highest BCUT2D eigenvalue weighted by atomic mass is 32.1. The summed E-state index contributed by atoms with van der Waals surface area (Å²) >= 11 is 1.66. The Balaban J connectivity index is 2.09. The lowest BCUT2D eigenvalue weighted by molar-refractivity contribution is -0.118. The maximum absolute atomic E-state index is 11.5. The van der Waals surface area contributed by atoms with Crippen LogP contribution in [0.2, 0.25) is 0 Å². The van der Waals surface area contributed by atoms with Gasteiger partial charge < -0.3 is 5.32 Å². The molecule has 0 saturated heterocycles. The number of ketones is 1. The molecule has 0 aliphatic carbocycles. The average molecular weight is 225 g/mol. The molecule has 84 valence electrons. The SMILES string of the molecule is CC(C)NCCCC(=O)Cc1cccs1. The fraction of sp³-hybridized carbons (Fsp3) is 0.583. The predicted molar refractivity (Wildman–Crippen MR) is 65.4 cm³/mol. The molecule has 0 fully saturated rings. The van der Waals surface area contributed by atoms with Crippen LogP contribution in [0.1, 0.15) is 31.6 Å². The highest BCUT2D eigenvalue weighted by Gasteiger charge is 2.04. The standard InChI is InChI=1S/C12H19NOS/c1-10(2)13-7-3-5-11(14)9-12-6-4-8-15-12/h4,6,8,10,13H,3,5,7,9H2,1-2H3. The van der Waals surface area contributed by atoms with Crippen LogP contribution in [0.15, 0.2) is 17.5 Å². The van der Waals surface area contributed by atoms with Crippen LogP contribution in [0.25, 0.3) is 0 Å². The number of nitrogens with one attached hydrogen (secondary N) is 1. The molecule has 1 aromatic heterocycles. The van der Waals surface area contributed by atoms with Gasteiger partial charge in [0.15, 0.2) is 0 Å². The second-order valence-corrected chi connectivity index (χ2v) is 5.04. The topological polar surface area (TPSA) is 29.1 Å². The van der Waals surface area contributed by atoms with E-state index in [1.165, 1.54) is 4.88 Å². The van der Waals surface area contributed by atoms with Crippen molar-refractivity contribution in [3.63, 3.8) is 0 Å². The van der Waals surface area contributed by atoms with Crippen molar-refractivity contribution in [2.45, 2.75) is 39.2 Å². The van der Waals surface area contributed by atoms with E-state index in [9.17, 15) is 4.79 Å². The summed E-state index contributed by atoms with van der Waals surface area (Å²) in [6.45, 7) is 5.18. The van der Waals surface area contributed by atoms with E-state index in [1.807, 2.05) is 17.5 Å². The third-order valence-electron chi connectivity index (χ3n) is 2.14. The first-order valence-corrected chi connectivity index (χ1v) is 6.34. The van der Waals surface area contributed by atoms with Gasteiger partial charge in [0, 0.05) is 23.8 Å². The molecule has 0 atom stereocenters. The van der Waals surface area contributed by atoms with Crippen LogP contribution in [-0.4, -0.2) is 18.4 Å². The summed E-state index contributed by atoms with van der Waals surface area (Å²) in [5.74, 6) is 0.350. The minimum Gasteiger partial charge on any atom is -0.315 e. The zero-order valence-electron chi connectivity index (χ0n) is 9.45. The van der Waals surface area contributed by atoms with Crippen LogP contribution in [0.4, 0.5) is 0 Å². The van der Waals surface area contributed by atoms with E-state index >= 15 is 0 Å². The number of carbonyl (C=O) groups is 1. The highest BCUT2D eigenvalue weighted by molar-refractivity contribution is 7.10. The molecule has 15 heavy (non-hydrogen) atoms. The monoisotopic (exact) mass is 225 g/mol. The van der Waals surface area contributed by atoms with Gasteiger partial charge >= 0.3 is 0 Å². The Labute approximate surface area is 95.7 Å². The molecule has 1 heterocycles. The first kappa shape index (κ1) is 12.4. The first-order chi connectivity index (χ1) is 7.18. The van der Waals surface area contributed by atoms with E-state index in [0.717, 1.165) is 13.0 Å². The van der Waals surface area contributed by atoms with Gasteiger partial charge in [-0.15, -0.1) is 11.3 Å². The van der Waals surface area contributed by atoms with Crippen molar-refractivity contribution in [3.8, 4) is 0 Å². The number of Topliss-reactive ketones (excluding diaryl/α,β-unsaturated/α-hetero) is 1. The van der Waals surface area contributed by atoms with E-state index in [2.05, 4.69) is 19.2 Å². The van der Waals surface area contributed by atoms with Crippen molar-refractivity contribution in [1.29, 1.82) is 0 Å². The lowest BCUT2D eigenvalue weighted by Gasteiger charge is -2.06.